The Morgan fingerprint density at radius 2 is 2.31 bits per heavy atom. The molecular formula is C7H8F2N2OS. The van der Waals surface area contributed by atoms with Gasteiger partial charge in [-0.25, -0.2) is 13.8 Å². The van der Waals surface area contributed by atoms with E-state index in [1.807, 2.05) is 0 Å². The summed E-state index contributed by atoms with van der Waals surface area (Å²) in [7, 11) is 1.37. The zero-order chi connectivity index (χ0) is 10.1. The normalized spacial score (nSPS) is 11.4. The fraction of sp³-hybridized carbons (Fsp3) is 0.429. The van der Waals surface area contributed by atoms with E-state index in [0.29, 0.717) is 0 Å². The van der Waals surface area contributed by atoms with Gasteiger partial charge in [-0.3, -0.25) is 4.79 Å². The van der Waals surface area contributed by atoms with Gasteiger partial charge in [0, 0.05) is 14.0 Å². The zero-order valence-electron chi connectivity index (χ0n) is 7.10. The predicted molar refractivity (Wildman–Crippen MR) is 45.1 cm³/mol. The third-order valence-corrected chi connectivity index (χ3v) is 2.41. The molecule has 0 bridgehead atoms. The number of aromatic nitrogens is 1. The van der Waals surface area contributed by atoms with Gasteiger partial charge in [0.2, 0.25) is 0 Å². The van der Waals surface area contributed by atoms with E-state index in [0.717, 1.165) is 18.3 Å². The second-order valence-electron chi connectivity index (χ2n) is 2.50. The van der Waals surface area contributed by atoms with Crippen molar-refractivity contribution in [3.63, 3.8) is 0 Å². The lowest BCUT2D eigenvalue weighted by Crippen LogP contribution is -2.22. The largest absolute Gasteiger partial charge is 0.354 e. The Hall–Kier alpha value is -1.04. The first-order chi connectivity index (χ1) is 5.96. The first-order valence-corrected chi connectivity index (χ1v) is 4.38. The summed E-state index contributed by atoms with van der Waals surface area (Å²) in [6.07, 6.45) is 0. The van der Waals surface area contributed by atoms with Crippen LogP contribution >= 0.6 is 11.3 Å². The Balaban J connectivity index is 3.10. The first-order valence-electron chi connectivity index (χ1n) is 3.50. The molecule has 1 aromatic heterocycles. The number of alkyl halides is 2. The Labute approximate surface area is 77.8 Å². The minimum absolute atomic E-state index is 0.194. The van der Waals surface area contributed by atoms with Crippen LogP contribution in [0, 0.1) is 0 Å². The summed E-state index contributed by atoms with van der Waals surface area (Å²) in [4.78, 5) is 14.3. The highest BCUT2D eigenvalue weighted by Crippen LogP contribution is 2.32. The summed E-state index contributed by atoms with van der Waals surface area (Å²) in [6, 6.07) is 0. The molecule has 1 N–H and O–H groups in total. The fourth-order valence-corrected chi connectivity index (χ4v) is 1.57. The van der Waals surface area contributed by atoms with Gasteiger partial charge in [-0.1, -0.05) is 0 Å². The van der Waals surface area contributed by atoms with Crippen LogP contribution in [0.2, 0.25) is 0 Å². The van der Waals surface area contributed by atoms with Gasteiger partial charge in [0.1, 0.15) is 10.6 Å². The second kappa shape index (κ2) is 3.37. The summed E-state index contributed by atoms with van der Waals surface area (Å²) in [5.74, 6) is -3.60. The van der Waals surface area contributed by atoms with Crippen molar-refractivity contribution in [2.24, 2.45) is 0 Å². The lowest BCUT2D eigenvalue weighted by atomic mass is 10.2. The fourth-order valence-electron chi connectivity index (χ4n) is 0.838. The molecule has 0 fully saturated rings. The molecule has 0 aliphatic rings. The number of nitrogens with zero attached hydrogens (tertiary/aromatic N) is 1. The van der Waals surface area contributed by atoms with Crippen molar-refractivity contribution in [1.29, 1.82) is 0 Å². The molecule has 1 amide bonds. The second-order valence-corrected chi connectivity index (χ2v) is 3.35. The van der Waals surface area contributed by atoms with E-state index < -0.39 is 11.8 Å². The number of carbonyl (C=O) groups excluding carboxylic acids is 1. The summed E-state index contributed by atoms with van der Waals surface area (Å²) in [6.45, 7) is 0.743. The monoisotopic (exact) mass is 206 g/mol. The molecule has 0 unspecified atom stereocenters. The smallest absolute Gasteiger partial charge is 0.281 e. The molecule has 1 rings (SSSR count). The van der Waals surface area contributed by atoms with Crippen LogP contribution in [0.25, 0.3) is 0 Å². The van der Waals surface area contributed by atoms with E-state index >= 15 is 0 Å². The highest BCUT2D eigenvalue weighted by Gasteiger charge is 2.32. The first kappa shape index (κ1) is 10.0. The number of hydrogen-bond donors (Lipinski definition) is 1. The van der Waals surface area contributed by atoms with E-state index in [2.05, 4.69) is 10.3 Å². The SMILES string of the molecule is CNC(=O)c1ncsc1C(C)(F)F. The van der Waals surface area contributed by atoms with Crippen molar-refractivity contribution in [3.8, 4) is 0 Å². The average Bonchev–Trinajstić information content (AvgIpc) is 2.49. The van der Waals surface area contributed by atoms with Crippen LogP contribution in [0.4, 0.5) is 8.78 Å². The van der Waals surface area contributed by atoms with E-state index in [1.54, 1.807) is 0 Å². The Kier molecular flexibility index (Phi) is 2.60. The van der Waals surface area contributed by atoms with Crippen molar-refractivity contribution in [3.05, 3.63) is 16.1 Å². The molecule has 0 aromatic carbocycles. The third-order valence-electron chi connectivity index (χ3n) is 1.41. The number of carbonyl (C=O) groups is 1. The topological polar surface area (TPSA) is 42.0 Å². The van der Waals surface area contributed by atoms with E-state index in [4.69, 9.17) is 0 Å². The number of halogens is 2. The van der Waals surface area contributed by atoms with E-state index in [-0.39, 0.29) is 10.6 Å². The van der Waals surface area contributed by atoms with Gasteiger partial charge in [0.05, 0.1) is 5.51 Å². The van der Waals surface area contributed by atoms with E-state index in [1.165, 1.54) is 12.6 Å². The number of rotatable bonds is 2. The molecule has 0 aliphatic carbocycles. The summed E-state index contributed by atoms with van der Waals surface area (Å²) < 4.78 is 25.7. The number of thiazole rings is 1. The van der Waals surface area contributed by atoms with E-state index in [9.17, 15) is 13.6 Å². The molecule has 6 heteroatoms. The zero-order valence-corrected chi connectivity index (χ0v) is 7.91. The quantitative estimate of drug-likeness (QED) is 0.798. The molecule has 0 saturated carbocycles. The highest BCUT2D eigenvalue weighted by molar-refractivity contribution is 7.10. The van der Waals surface area contributed by atoms with Crippen molar-refractivity contribution >= 4 is 17.2 Å². The summed E-state index contributed by atoms with van der Waals surface area (Å²) >= 11 is 0.778. The number of hydrogen-bond acceptors (Lipinski definition) is 3. The molecule has 1 heterocycles. The van der Waals surface area contributed by atoms with Crippen molar-refractivity contribution in [2.45, 2.75) is 12.8 Å². The van der Waals surface area contributed by atoms with Gasteiger partial charge in [-0.15, -0.1) is 11.3 Å². The number of amides is 1. The van der Waals surface area contributed by atoms with Crippen LogP contribution < -0.4 is 5.32 Å². The molecular weight excluding hydrogens is 198 g/mol. The maximum atomic E-state index is 12.8. The van der Waals surface area contributed by atoms with Crippen molar-refractivity contribution in [1.82, 2.24) is 10.3 Å². The molecule has 13 heavy (non-hydrogen) atoms. The van der Waals surface area contributed by atoms with Crippen molar-refractivity contribution < 1.29 is 13.6 Å². The molecule has 0 radical (unpaired) electrons. The Morgan fingerprint density at radius 3 is 2.77 bits per heavy atom. The molecule has 0 aliphatic heterocycles. The molecule has 0 spiro atoms. The third kappa shape index (κ3) is 2.00. The molecule has 0 atom stereocenters. The van der Waals surface area contributed by atoms with Gasteiger partial charge in [-0.05, 0) is 0 Å². The molecule has 1 aromatic rings. The number of nitrogens with one attached hydrogen (secondary N) is 1. The molecule has 3 nitrogen and oxygen atoms in total. The van der Waals surface area contributed by atoms with Crippen LogP contribution in [0.5, 0.6) is 0 Å². The van der Waals surface area contributed by atoms with Gasteiger partial charge in [0.15, 0.2) is 0 Å². The maximum absolute atomic E-state index is 12.8. The Bertz CT molecular complexity index is 319. The van der Waals surface area contributed by atoms with Crippen LogP contribution in [0.1, 0.15) is 22.3 Å². The van der Waals surface area contributed by atoms with Crippen molar-refractivity contribution in [2.75, 3.05) is 7.05 Å². The molecule has 72 valence electrons. The lowest BCUT2D eigenvalue weighted by Gasteiger charge is -2.08. The van der Waals surface area contributed by atoms with Crippen LogP contribution in [0.3, 0.4) is 0 Å². The molecule has 0 saturated heterocycles. The summed E-state index contributed by atoms with van der Waals surface area (Å²) in [5, 5.41) is 2.25. The lowest BCUT2D eigenvalue weighted by molar-refractivity contribution is 0.0201. The van der Waals surface area contributed by atoms with Gasteiger partial charge >= 0.3 is 0 Å². The summed E-state index contributed by atoms with van der Waals surface area (Å²) in [5.41, 5.74) is 1.04. The average molecular weight is 206 g/mol. The highest BCUT2D eigenvalue weighted by atomic mass is 32.1. The Morgan fingerprint density at radius 1 is 1.69 bits per heavy atom. The van der Waals surface area contributed by atoms with Crippen LogP contribution in [-0.2, 0) is 5.92 Å². The standard InChI is InChI=1S/C7H8F2N2OS/c1-7(8,9)5-4(6(12)10-2)11-3-13-5/h3H,1-2H3,(H,10,12). The van der Waals surface area contributed by atoms with Gasteiger partial charge < -0.3 is 5.32 Å². The van der Waals surface area contributed by atoms with Gasteiger partial charge in [0.25, 0.3) is 11.8 Å². The minimum Gasteiger partial charge on any atom is -0.354 e. The minimum atomic E-state index is -3.01. The van der Waals surface area contributed by atoms with Gasteiger partial charge in [-0.2, -0.15) is 0 Å². The van der Waals surface area contributed by atoms with Crippen LogP contribution in [0.15, 0.2) is 5.51 Å². The maximum Gasteiger partial charge on any atom is 0.281 e. The predicted octanol–water partition coefficient (Wildman–Crippen LogP) is 1.61. The van der Waals surface area contributed by atoms with Crippen LogP contribution in [-0.4, -0.2) is 17.9 Å².